The van der Waals surface area contributed by atoms with Gasteiger partial charge in [-0.3, -0.25) is 4.40 Å². The number of fused-ring (bicyclic) bond motifs is 1. The highest BCUT2D eigenvalue weighted by molar-refractivity contribution is 7.92. The standard InChI is InChI=1S/C13H12ClF2N5O2S/c1-7-11(20-24(2,3)22)21-5-4-8(6-9(21)17-7)10-18-12(23-19-10)13(14,15)16/h4-6H,1-3H3. The summed E-state index contributed by atoms with van der Waals surface area (Å²) >= 11 is 4.85. The lowest BCUT2D eigenvalue weighted by Crippen LogP contribution is -2.03. The average molecular weight is 376 g/mol. The Morgan fingerprint density at radius 1 is 1.38 bits per heavy atom. The first-order valence-electron chi connectivity index (χ1n) is 6.62. The molecule has 0 spiro atoms. The van der Waals surface area contributed by atoms with Gasteiger partial charge in [0.25, 0.3) is 0 Å². The van der Waals surface area contributed by atoms with E-state index in [1.807, 2.05) is 0 Å². The maximum absolute atomic E-state index is 13.0. The van der Waals surface area contributed by atoms with Gasteiger partial charge in [-0.2, -0.15) is 18.1 Å². The number of pyridine rings is 1. The fourth-order valence-electron chi connectivity index (χ4n) is 2.06. The Bertz CT molecular complexity index is 1040. The van der Waals surface area contributed by atoms with E-state index in [0.29, 0.717) is 22.7 Å². The van der Waals surface area contributed by atoms with Crippen LogP contribution in [0.4, 0.5) is 14.6 Å². The highest BCUT2D eigenvalue weighted by Gasteiger charge is 2.35. The highest BCUT2D eigenvalue weighted by Crippen LogP contribution is 2.32. The van der Waals surface area contributed by atoms with Gasteiger partial charge in [-0.05, 0) is 30.7 Å². The first-order valence-corrected chi connectivity index (χ1v) is 9.33. The highest BCUT2D eigenvalue weighted by atomic mass is 35.5. The molecule has 0 unspecified atom stereocenters. The zero-order valence-corrected chi connectivity index (χ0v) is 14.4. The molecule has 0 aliphatic heterocycles. The zero-order valence-electron chi connectivity index (χ0n) is 12.8. The summed E-state index contributed by atoms with van der Waals surface area (Å²) in [6, 6.07) is 3.17. The molecule has 7 nitrogen and oxygen atoms in total. The average Bonchev–Trinajstić information content (AvgIpc) is 3.02. The van der Waals surface area contributed by atoms with Crippen molar-refractivity contribution in [3.8, 4) is 11.4 Å². The van der Waals surface area contributed by atoms with Crippen LogP contribution in [0.3, 0.4) is 0 Å². The molecule has 0 aliphatic rings. The number of aryl methyl sites for hydroxylation is 1. The Morgan fingerprint density at radius 2 is 2.08 bits per heavy atom. The largest absolute Gasteiger partial charge is 0.400 e. The molecule has 0 aliphatic carbocycles. The number of imidazole rings is 1. The van der Waals surface area contributed by atoms with E-state index in [1.54, 1.807) is 29.7 Å². The predicted molar refractivity (Wildman–Crippen MR) is 85.0 cm³/mol. The Hall–Kier alpha value is -2.07. The second kappa shape index (κ2) is 5.49. The van der Waals surface area contributed by atoms with Gasteiger partial charge in [0.15, 0.2) is 5.82 Å². The van der Waals surface area contributed by atoms with Gasteiger partial charge in [-0.25, -0.2) is 9.19 Å². The quantitative estimate of drug-likeness (QED) is 0.655. The van der Waals surface area contributed by atoms with Crippen LogP contribution in [-0.4, -0.2) is 36.2 Å². The van der Waals surface area contributed by atoms with E-state index in [1.165, 1.54) is 12.5 Å². The molecule has 0 saturated carbocycles. The summed E-state index contributed by atoms with van der Waals surface area (Å²) in [6.45, 7) is 1.73. The minimum Gasteiger partial charge on any atom is -0.331 e. The second-order valence-electron chi connectivity index (χ2n) is 5.36. The Balaban J connectivity index is 2.11. The van der Waals surface area contributed by atoms with Crippen molar-refractivity contribution in [2.75, 3.05) is 12.5 Å². The lowest BCUT2D eigenvalue weighted by atomic mass is 10.2. The van der Waals surface area contributed by atoms with Crippen molar-refractivity contribution in [1.82, 2.24) is 19.5 Å². The molecule has 128 valence electrons. The lowest BCUT2D eigenvalue weighted by molar-refractivity contribution is 0.0551. The van der Waals surface area contributed by atoms with E-state index in [4.69, 9.17) is 11.6 Å². The van der Waals surface area contributed by atoms with Crippen molar-refractivity contribution in [3.05, 3.63) is 29.9 Å². The molecule has 3 aromatic heterocycles. The fourth-order valence-corrected chi connectivity index (χ4v) is 2.78. The number of aromatic nitrogens is 4. The number of alkyl halides is 3. The third kappa shape index (κ3) is 3.24. The molecular weight excluding hydrogens is 364 g/mol. The zero-order chi connectivity index (χ0) is 17.7. The molecule has 0 fully saturated rings. The Kier molecular flexibility index (Phi) is 3.83. The molecule has 0 saturated heterocycles. The molecule has 3 heterocycles. The van der Waals surface area contributed by atoms with Crippen LogP contribution in [0.2, 0.25) is 0 Å². The van der Waals surface area contributed by atoms with Gasteiger partial charge in [-0.15, -0.1) is 0 Å². The number of rotatable bonds is 3. The summed E-state index contributed by atoms with van der Waals surface area (Å²) in [5, 5.41) is -0.237. The number of halogens is 3. The van der Waals surface area contributed by atoms with Gasteiger partial charge in [0.1, 0.15) is 5.65 Å². The molecule has 24 heavy (non-hydrogen) atoms. The van der Waals surface area contributed by atoms with Crippen LogP contribution in [0.25, 0.3) is 17.0 Å². The minimum atomic E-state index is -3.73. The fraction of sp³-hybridized carbons (Fsp3) is 0.308. The molecule has 0 amide bonds. The van der Waals surface area contributed by atoms with E-state index < -0.39 is 21.0 Å². The van der Waals surface area contributed by atoms with Crippen LogP contribution in [-0.2, 0) is 15.1 Å². The number of hydrogen-bond donors (Lipinski definition) is 0. The van der Waals surface area contributed by atoms with Crippen LogP contribution < -0.4 is 0 Å². The predicted octanol–water partition coefficient (Wildman–Crippen LogP) is 3.34. The second-order valence-corrected chi connectivity index (χ2v) is 8.38. The summed E-state index contributed by atoms with van der Waals surface area (Å²) in [6.07, 6.45) is 4.66. The molecule has 3 rings (SSSR count). The SMILES string of the molecule is Cc1nc2cc(-c3noc(C(F)(F)Cl)n3)ccn2c1N=S(C)(C)=O. The molecular formula is C13H12ClF2N5O2S. The number of nitrogens with zero attached hydrogens (tertiary/aromatic N) is 5. The van der Waals surface area contributed by atoms with Crippen molar-refractivity contribution in [1.29, 1.82) is 0 Å². The van der Waals surface area contributed by atoms with Crippen LogP contribution in [0.1, 0.15) is 11.6 Å². The maximum atomic E-state index is 13.0. The third-order valence-electron chi connectivity index (χ3n) is 3.00. The van der Waals surface area contributed by atoms with E-state index in [-0.39, 0.29) is 5.82 Å². The van der Waals surface area contributed by atoms with E-state index in [0.717, 1.165) is 0 Å². The maximum Gasteiger partial charge on any atom is 0.400 e. The summed E-state index contributed by atoms with van der Waals surface area (Å²) in [4.78, 5) is 7.90. The molecule has 0 radical (unpaired) electrons. The summed E-state index contributed by atoms with van der Waals surface area (Å²) in [5.41, 5.74) is 1.49. The van der Waals surface area contributed by atoms with E-state index in [2.05, 4.69) is 24.0 Å². The summed E-state index contributed by atoms with van der Waals surface area (Å²) in [5.74, 6) is -0.555. The van der Waals surface area contributed by atoms with Crippen molar-refractivity contribution >= 4 is 32.8 Å². The molecule has 11 heteroatoms. The van der Waals surface area contributed by atoms with Gasteiger partial charge < -0.3 is 4.52 Å². The first kappa shape index (κ1) is 16.8. The van der Waals surface area contributed by atoms with Crippen molar-refractivity contribution in [2.45, 2.75) is 12.3 Å². The molecule has 0 bridgehead atoms. The van der Waals surface area contributed by atoms with E-state index in [9.17, 15) is 13.0 Å². The van der Waals surface area contributed by atoms with Crippen LogP contribution in [0, 0.1) is 6.92 Å². The Labute approximate surface area is 140 Å². The third-order valence-corrected chi connectivity index (χ3v) is 3.78. The van der Waals surface area contributed by atoms with Gasteiger partial charge in [0.2, 0.25) is 5.82 Å². The minimum absolute atomic E-state index is 0.0400. The topological polar surface area (TPSA) is 85.7 Å². The Morgan fingerprint density at radius 3 is 2.67 bits per heavy atom. The molecule has 0 atom stereocenters. The lowest BCUT2D eigenvalue weighted by Gasteiger charge is -2.00. The normalized spacial score (nSPS) is 12.8. The monoisotopic (exact) mass is 375 g/mol. The van der Waals surface area contributed by atoms with Crippen LogP contribution in [0.5, 0.6) is 0 Å². The summed E-state index contributed by atoms with van der Waals surface area (Å²) < 4.78 is 48.1. The summed E-state index contributed by atoms with van der Waals surface area (Å²) in [7, 11) is -2.36. The molecule has 0 N–H and O–H groups in total. The molecule has 3 aromatic rings. The van der Waals surface area contributed by atoms with Gasteiger partial charge >= 0.3 is 11.3 Å². The van der Waals surface area contributed by atoms with Gasteiger partial charge in [0.05, 0.1) is 5.69 Å². The van der Waals surface area contributed by atoms with Gasteiger partial charge in [0, 0.05) is 34.0 Å². The van der Waals surface area contributed by atoms with Crippen LogP contribution >= 0.6 is 11.6 Å². The van der Waals surface area contributed by atoms with E-state index >= 15 is 0 Å². The smallest absolute Gasteiger partial charge is 0.331 e. The number of hydrogen-bond acceptors (Lipinski definition) is 6. The van der Waals surface area contributed by atoms with Crippen LogP contribution in [0.15, 0.2) is 27.2 Å². The van der Waals surface area contributed by atoms with Crippen molar-refractivity contribution < 1.29 is 17.5 Å². The van der Waals surface area contributed by atoms with Crippen molar-refractivity contribution in [3.63, 3.8) is 0 Å². The van der Waals surface area contributed by atoms with Crippen molar-refractivity contribution in [2.24, 2.45) is 4.36 Å². The van der Waals surface area contributed by atoms with Gasteiger partial charge in [-0.1, -0.05) is 5.16 Å². The molecule has 0 aromatic carbocycles. The first-order chi connectivity index (χ1) is 11.0.